The molecule has 1 aromatic carbocycles. The Balaban J connectivity index is 1.58. The van der Waals surface area contributed by atoms with E-state index in [9.17, 15) is 9.59 Å². The van der Waals surface area contributed by atoms with Crippen molar-refractivity contribution in [2.75, 3.05) is 26.8 Å². The van der Waals surface area contributed by atoms with Crippen LogP contribution in [-0.2, 0) is 14.3 Å². The number of amides is 2. The molecule has 0 radical (unpaired) electrons. The first-order valence-electron chi connectivity index (χ1n) is 10.5. The van der Waals surface area contributed by atoms with Gasteiger partial charge in [0.2, 0.25) is 5.91 Å². The lowest BCUT2D eigenvalue weighted by Crippen LogP contribution is -2.46. The molecule has 31 heavy (non-hydrogen) atoms. The second-order valence-corrected chi connectivity index (χ2v) is 9.24. The molecule has 2 amide bonds. The van der Waals surface area contributed by atoms with E-state index in [1.54, 1.807) is 23.3 Å². The van der Waals surface area contributed by atoms with Crippen LogP contribution in [-0.4, -0.2) is 54.2 Å². The topological polar surface area (TPSA) is 62.2 Å². The van der Waals surface area contributed by atoms with E-state index in [2.05, 4.69) is 5.10 Å². The largest absolute Gasteiger partial charge is 0.383 e. The van der Waals surface area contributed by atoms with Crippen LogP contribution in [0.25, 0.3) is 0 Å². The predicted molar refractivity (Wildman–Crippen MR) is 122 cm³/mol. The number of carbonyl (C=O) groups excluding carboxylic acids is 2. The molecule has 4 rings (SSSR count). The second-order valence-electron chi connectivity index (χ2n) is 7.88. The number of carbonyl (C=O) groups is 2. The van der Waals surface area contributed by atoms with Crippen molar-refractivity contribution in [3.8, 4) is 0 Å². The first-order chi connectivity index (χ1) is 15.1. The van der Waals surface area contributed by atoms with Gasteiger partial charge in [-0.15, -0.1) is 11.3 Å². The van der Waals surface area contributed by atoms with Gasteiger partial charge in [-0.3, -0.25) is 9.59 Å². The van der Waals surface area contributed by atoms with Crippen molar-refractivity contribution in [2.45, 2.75) is 31.7 Å². The highest BCUT2D eigenvalue weighted by Gasteiger charge is 2.37. The van der Waals surface area contributed by atoms with Crippen LogP contribution in [0.15, 0.2) is 46.9 Å². The molecular formula is C23H26ClN3O3S. The zero-order chi connectivity index (χ0) is 21.8. The molecule has 6 nitrogen and oxygen atoms in total. The van der Waals surface area contributed by atoms with E-state index >= 15 is 0 Å². The number of methoxy groups -OCH3 is 1. The van der Waals surface area contributed by atoms with E-state index < -0.39 is 0 Å². The first-order valence-corrected chi connectivity index (χ1v) is 11.8. The number of hydrogen-bond acceptors (Lipinski definition) is 5. The van der Waals surface area contributed by atoms with Crippen molar-refractivity contribution in [3.05, 3.63) is 57.2 Å². The molecule has 2 heterocycles. The van der Waals surface area contributed by atoms with Crippen LogP contribution in [0.2, 0.25) is 5.02 Å². The summed E-state index contributed by atoms with van der Waals surface area (Å²) < 4.78 is 5.17. The molecule has 0 spiro atoms. The summed E-state index contributed by atoms with van der Waals surface area (Å²) in [6.07, 6.45) is 3.44. The number of hydrogen-bond donors (Lipinski definition) is 0. The van der Waals surface area contributed by atoms with E-state index in [0.29, 0.717) is 24.6 Å². The number of benzene rings is 1. The highest BCUT2D eigenvalue weighted by molar-refractivity contribution is 7.12. The average molecular weight is 460 g/mol. The third-order valence-corrected chi connectivity index (χ3v) is 7.16. The summed E-state index contributed by atoms with van der Waals surface area (Å²) >= 11 is 8.07. The van der Waals surface area contributed by atoms with E-state index in [4.69, 9.17) is 16.3 Å². The Bertz CT molecular complexity index is 959. The third-order valence-electron chi connectivity index (χ3n) is 5.89. The maximum atomic E-state index is 13.4. The first kappa shape index (κ1) is 22.0. The molecule has 8 heteroatoms. The fourth-order valence-corrected chi connectivity index (χ4v) is 4.92. The van der Waals surface area contributed by atoms with Gasteiger partial charge in [-0.2, -0.15) is 5.10 Å². The van der Waals surface area contributed by atoms with Gasteiger partial charge in [0.05, 0.1) is 23.2 Å². The standard InChI is InChI=1S/C23H26ClN3O3S/c1-30-12-11-26(23(29)16-6-4-7-16)15-22(28)27-20(17-8-2-3-9-18(17)24)14-19(25-27)21-10-5-13-31-21/h2-3,5,8-10,13,16,20H,4,6-7,11-12,14-15H2,1H3/t20-/m1/s1. The van der Waals surface area contributed by atoms with Gasteiger partial charge in [0, 0.05) is 31.0 Å². The normalized spacial score (nSPS) is 18.6. The number of nitrogens with zero attached hydrogens (tertiary/aromatic N) is 3. The smallest absolute Gasteiger partial charge is 0.262 e. The lowest BCUT2D eigenvalue weighted by atomic mass is 9.84. The molecule has 0 N–H and O–H groups in total. The quantitative estimate of drug-likeness (QED) is 0.589. The fraction of sp³-hybridized carbons (Fsp3) is 0.435. The van der Waals surface area contributed by atoms with Crippen molar-refractivity contribution in [2.24, 2.45) is 11.0 Å². The summed E-state index contributed by atoms with van der Waals surface area (Å²) in [5.41, 5.74) is 1.73. The number of ether oxygens (including phenoxy) is 1. The Hall–Kier alpha value is -2.22. The van der Waals surface area contributed by atoms with E-state index in [1.807, 2.05) is 41.8 Å². The van der Waals surface area contributed by atoms with Crippen LogP contribution in [0.5, 0.6) is 0 Å². The van der Waals surface area contributed by atoms with Crippen LogP contribution in [0.3, 0.4) is 0 Å². The van der Waals surface area contributed by atoms with E-state index in [-0.39, 0.29) is 30.3 Å². The van der Waals surface area contributed by atoms with E-state index in [0.717, 1.165) is 35.4 Å². The molecule has 1 saturated carbocycles. The summed E-state index contributed by atoms with van der Waals surface area (Å²) in [4.78, 5) is 28.9. The SMILES string of the molecule is COCCN(CC(=O)N1N=C(c2cccs2)C[C@@H]1c1ccccc1Cl)C(=O)C1CCC1. The van der Waals surface area contributed by atoms with Crippen LogP contribution < -0.4 is 0 Å². The van der Waals surface area contributed by atoms with E-state index in [1.165, 1.54) is 5.01 Å². The van der Waals surface area contributed by atoms with Crippen molar-refractivity contribution in [1.29, 1.82) is 0 Å². The second kappa shape index (κ2) is 9.94. The zero-order valence-corrected chi connectivity index (χ0v) is 19.1. The number of hydrazone groups is 1. The van der Waals surface area contributed by atoms with Crippen LogP contribution >= 0.6 is 22.9 Å². The van der Waals surface area contributed by atoms with Crippen molar-refractivity contribution >= 4 is 40.5 Å². The van der Waals surface area contributed by atoms with Gasteiger partial charge in [0.1, 0.15) is 6.54 Å². The summed E-state index contributed by atoms with van der Waals surface area (Å²) in [6.45, 7) is 0.772. The number of thiophene rings is 1. The molecule has 1 fully saturated rings. The Labute approximate surface area is 191 Å². The molecule has 1 aromatic heterocycles. The minimum Gasteiger partial charge on any atom is -0.383 e. The molecule has 1 atom stereocenters. The fourth-order valence-electron chi connectivity index (χ4n) is 3.94. The molecule has 1 aliphatic heterocycles. The Kier molecular flexibility index (Phi) is 7.05. The third kappa shape index (κ3) is 4.84. The molecule has 0 saturated heterocycles. The van der Waals surface area contributed by atoms with Gasteiger partial charge in [-0.25, -0.2) is 5.01 Å². The molecule has 0 bridgehead atoms. The maximum absolute atomic E-state index is 13.4. The minimum absolute atomic E-state index is 0.0130. The average Bonchev–Trinajstić information content (AvgIpc) is 3.39. The summed E-state index contributed by atoms with van der Waals surface area (Å²) in [5, 5.41) is 8.80. The monoisotopic (exact) mass is 459 g/mol. The van der Waals surface area contributed by atoms with Crippen LogP contribution in [0, 0.1) is 5.92 Å². The minimum atomic E-state index is -0.290. The maximum Gasteiger partial charge on any atom is 0.262 e. The lowest BCUT2D eigenvalue weighted by molar-refractivity contribution is -0.146. The highest BCUT2D eigenvalue weighted by atomic mass is 35.5. The highest BCUT2D eigenvalue weighted by Crippen LogP contribution is 2.37. The van der Waals surface area contributed by atoms with Crippen molar-refractivity contribution in [3.63, 3.8) is 0 Å². The van der Waals surface area contributed by atoms with Crippen molar-refractivity contribution in [1.82, 2.24) is 9.91 Å². The summed E-state index contributed by atoms with van der Waals surface area (Å²) in [5.74, 6) is -0.152. The zero-order valence-electron chi connectivity index (χ0n) is 17.5. The lowest BCUT2D eigenvalue weighted by Gasteiger charge is -2.32. The molecule has 0 unspecified atom stereocenters. The summed E-state index contributed by atoms with van der Waals surface area (Å²) in [7, 11) is 1.60. The molecule has 2 aliphatic rings. The predicted octanol–water partition coefficient (Wildman–Crippen LogP) is 4.35. The Morgan fingerprint density at radius 3 is 2.71 bits per heavy atom. The summed E-state index contributed by atoms with van der Waals surface area (Å²) in [6, 6.07) is 11.2. The molecular weight excluding hydrogens is 434 g/mol. The molecule has 164 valence electrons. The van der Waals surface area contributed by atoms with Crippen LogP contribution in [0.1, 0.15) is 42.2 Å². The number of halogens is 1. The van der Waals surface area contributed by atoms with Crippen LogP contribution in [0.4, 0.5) is 0 Å². The Morgan fingerprint density at radius 1 is 1.26 bits per heavy atom. The molecule has 1 aliphatic carbocycles. The number of rotatable bonds is 8. The van der Waals surface area contributed by atoms with Gasteiger partial charge < -0.3 is 9.64 Å². The van der Waals surface area contributed by atoms with Crippen molar-refractivity contribution < 1.29 is 14.3 Å². The van der Waals surface area contributed by atoms with Gasteiger partial charge in [0.25, 0.3) is 5.91 Å². The van der Waals surface area contributed by atoms with Gasteiger partial charge >= 0.3 is 0 Å². The molecule has 2 aromatic rings. The van der Waals surface area contributed by atoms with Gasteiger partial charge in [-0.05, 0) is 35.9 Å². The van der Waals surface area contributed by atoms with Gasteiger partial charge in [-0.1, -0.05) is 42.3 Å². The Morgan fingerprint density at radius 2 is 2.06 bits per heavy atom. The van der Waals surface area contributed by atoms with Gasteiger partial charge in [0.15, 0.2) is 0 Å².